The topological polar surface area (TPSA) is 58.6 Å². The number of rotatable bonds is 5. The van der Waals surface area contributed by atoms with Crippen LogP contribution in [0.4, 0.5) is 10.1 Å². The van der Waals surface area contributed by atoms with Crippen LogP contribution in [-0.2, 0) is 9.53 Å². The van der Waals surface area contributed by atoms with Crippen molar-refractivity contribution in [1.82, 2.24) is 0 Å². The molecule has 5 heteroatoms. The molecule has 0 heterocycles. The highest BCUT2D eigenvalue weighted by molar-refractivity contribution is 5.77. The van der Waals surface area contributed by atoms with Crippen LogP contribution in [0.3, 0.4) is 0 Å². The van der Waals surface area contributed by atoms with Gasteiger partial charge in [0.05, 0.1) is 6.61 Å². The van der Waals surface area contributed by atoms with Crippen LogP contribution in [0.5, 0.6) is 0 Å². The molecule has 0 aliphatic carbocycles. The van der Waals surface area contributed by atoms with Gasteiger partial charge in [0, 0.05) is 12.8 Å². The van der Waals surface area contributed by atoms with Crippen LogP contribution in [0, 0.1) is 12.7 Å². The molecule has 1 unspecified atom stereocenters. The number of aryl methyl sites for hydroxylation is 1. The molecule has 0 aliphatic rings. The molecular formula is C11H14FNO3. The molecule has 1 rings (SSSR count). The van der Waals surface area contributed by atoms with E-state index in [0.29, 0.717) is 5.69 Å². The molecule has 0 aliphatic heterocycles. The van der Waals surface area contributed by atoms with Crippen LogP contribution in [0.15, 0.2) is 18.2 Å². The van der Waals surface area contributed by atoms with E-state index in [1.807, 2.05) is 0 Å². The minimum atomic E-state index is -1.04. The number of anilines is 1. The minimum Gasteiger partial charge on any atom is -0.480 e. The van der Waals surface area contributed by atoms with E-state index >= 15 is 0 Å². The van der Waals surface area contributed by atoms with E-state index in [2.05, 4.69) is 5.32 Å². The van der Waals surface area contributed by atoms with Crippen molar-refractivity contribution in [2.24, 2.45) is 0 Å². The van der Waals surface area contributed by atoms with Crippen molar-refractivity contribution in [2.75, 3.05) is 19.0 Å². The molecule has 1 aromatic carbocycles. The maximum absolute atomic E-state index is 13.0. The second-order valence-corrected chi connectivity index (χ2v) is 3.45. The van der Waals surface area contributed by atoms with Gasteiger partial charge in [0.25, 0.3) is 0 Å². The van der Waals surface area contributed by atoms with Gasteiger partial charge in [-0.25, -0.2) is 9.18 Å². The van der Waals surface area contributed by atoms with Gasteiger partial charge in [-0.3, -0.25) is 0 Å². The molecule has 88 valence electrons. The summed E-state index contributed by atoms with van der Waals surface area (Å²) in [7, 11) is 1.41. The van der Waals surface area contributed by atoms with Gasteiger partial charge in [0.1, 0.15) is 11.9 Å². The molecule has 0 bridgehead atoms. The van der Waals surface area contributed by atoms with Crippen molar-refractivity contribution in [3.05, 3.63) is 29.6 Å². The third kappa shape index (κ3) is 3.20. The Balaban J connectivity index is 2.84. The van der Waals surface area contributed by atoms with E-state index in [1.165, 1.54) is 19.2 Å². The second kappa shape index (κ2) is 5.46. The van der Waals surface area contributed by atoms with E-state index in [0.717, 1.165) is 5.56 Å². The summed E-state index contributed by atoms with van der Waals surface area (Å²) in [5.74, 6) is -1.44. The van der Waals surface area contributed by atoms with Gasteiger partial charge in [-0.2, -0.15) is 0 Å². The monoisotopic (exact) mass is 227 g/mol. The largest absolute Gasteiger partial charge is 0.480 e. The fourth-order valence-corrected chi connectivity index (χ4v) is 1.28. The van der Waals surface area contributed by atoms with Gasteiger partial charge in [0.15, 0.2) is 0 Å². The summed E-state index contributed by atoms with van der Waals surface area (Å²) < 4.78 is 17.7. The third-order valence-corrected chi connectivity index (χ3v) is 2.16. The van der Waals surface area contributed by atoms with Crippen LogP contribution in [0.1, 0.15) is 5.56 Å². The molecular weight excluding hydrogens is 213 g/mol. The van der Waals surface area contributed by atoms with Crippen LogP contribution >= 0.6 is 0 Å². The van der Waals surface area contributed by atoms with Crippen LogP contribution in [-0.4, -0.2) is 30.8 Å². The second-order valence-electron chi connectivity index (χ2n) is 3.45. The molecule has 0 radical (unpaired) electrons. The summed E-state index contributed by atoms with van der Waals surface area (Å²) in [6.07, 6.45) is 0. The summed E-state index contributed by atoms with van der Waals surface area (Å²) in [6, 6.07) is 3.29. The van der Waals surface area contributed by atoms with E-state index in [1.54, 1.807) is 13.0 Å². The molecule has 1 aromatic rings. The number of methoxy groups -OCH3 is 1. The summed E-state index contributed by atoms with van der Waals surface area (Å²) in [5, 5.41) is 11.6. The zero-order chi connectivity index (χ0) is 12.1. The Kier molecular flexibility index (Phi) is 4.25. The average molecular weight is 227 g/mol. The number of benzene rings is 1. The van der Waals surface area contributed by atoms with E-state index in [-0.39, 0.29) is 6.61 Å². The first-order valence-electron chi connectivity index (χ1n) is 4.79. The van der Waals surface area contributed by atoms with Gasteiger partial charge in [0.2, 0.25) is 0 Å². The summed E-state index contributed by atoms with van der Waals surface area (Å²) in [4.78, 5) is 10.9. The molecule has 0 spiro atoms. The van der Waals surface area contributed by atoms with Gasteiger partial charge < -0.3 is 15.2 Å². The predicted molar refractivity (Wildman–Crippen MR) is 58.1 cm³/mol. The standard InChI is InChI=1S/C11H14FNO3/c1-7-3-4-8(12)5-9(7)13-10(6-16-2)11(14)15/h3-5,10,13H,6H2,1-2H3,(H,14,15). The highest BCUT2D eigenvalue weighted by Crippen LogP contribution is 2.17. The van der Waals surface area contributed by atoms with E-state index in [9.17, 15) is 9.18 Å². The number of aliphatic carboxylic acids is 1. The zero-order valence-corrected chi connectivity index (χ0v) is 9.16. The first-order chi connectivity index (χ1) is 7.54. The molecule has 0 amide bonds. The van der Waals surface area contributed by atoms with Gasteiger partial charge >= 0.3 is 5.97 Å². The Labute approximate surface area is 93.0 Å². The van der Waals surface area contributed by atoms with E-state index < -0.39 is 17.8 Å². The number of halogens is 1. The lowest BCUT2D eigenvalue weighted by Crippen LogP contribution is -2.33. The summed E-state index contributed by atoms with van der Waals surface area (Å²) in [6.45, 7) is 1.79. The number of hydrogen-bond donors (Lipinski definition) is 2. The van der Waals surface area contributed by atoms with Crippen molar-refractivity contribution >= 4 is 11.7 Å². The van der Waals surface area contributed by atoms with Crippen molar-refractivity contribution in [1.29, 1.82) is 0 Å². The molecule has 0 aromatic heterocycles. The van der Waals surface area contributed by atoms with Crippen molar-refractivity contribution < 1.29 is 19.0 Å². The normalized spacial score (nSPS) is 12.2. The van der Waals surface area contributed by atoms with Gasteiger partial charge in [-0.15, -0.1) is 0 Å². The average Bonchev–Trinajstić information content (AvgIpc) is 2.22. The fourth-order valence-electron chi connectivity index (χ4n) is 1.28. The van der Waals surface area contributed by atoms with Gasteiger partial charge in [-0.1, -0.05) is 6.07 Å². The number of carboxylic acids is 1. The molecule has 4 nitrogen and oxygen atoms in total. The lowest BCUT2D eigenvalue weighted by molar-refractivity contribution is -0.139. The van der Waals surface area contributed by atoms with Gasteiger partial charge in [-0.05, 0) is 24.6 Å². The number of hydrogen-bond acceptors (Lipinski definition) is 3. The molecule has 0 saturated carbocycles. The minimum absolute atomic E-state index is 0.0191. The molecule has 0 saturated heterocycles. The van der Waals surface area contributed by atoms with Crippen LogP contribution < -0.4 is 5.32 Å². The Morgan fingerprint density at radius 1 is 1.62 bits per heavy atom. The van der Waals surface area contributed by atoms with Crippen LogP contribution in [0.25, 0.3) is 0 Å². The predicted octanol–water partition coefficient (Wildman–Crippen LogP) is 1.65. The Morgan fingerprint density at radius 3 is 2.88 bits per heavy atom. The lowest BCUT2D eigenvalue weighted by Gasteiger charge is -2.16. The Hall–Kier alpha value is -1.62. The summed E-state index contributed by atoms with van der Waals surface area (Å²) >= 11 is 0. The maximum atomic E-state index is 13.0. The highest BCUT2D eigenvalue weighted by atomic mass is 19.1. The lowest BCUT2D eigenvalue weighted by atomic mass is 10.1. The number of ether oxygens (including phenoxy) is 1. The quantitative estimate of drug-likeness (QED) is 0.803. The SMILES string of the molecule is COCC(Nc1cc(F)ccc1C)C(=O)O. The zero-order valence-electron chi connectivity index (χ0n) is 9.16. The first-order valence-corrected chi connectivity index (χ1v) is 4.79. The number of nitrogens with one attached hydrogen (secondary N) is 1. The Morgan fingerprint density at radius 2 is 2.31 bits per heavy atom. The third-order valence-electron chi connectivity index (χ3n) is 2.16. The van der Waals surface area contributed by atoms with Crippen molar-refractivity contribution in [2.45, 2.75) is 13.0 Å². The number of carbonyl (C=O) groups is 1. The Bertz CT molecular complexity index is 381. The van der Waals surface area contributed by atoms with Crippen molar-refractivity contribution in [3.63, 3.8) is 0 Å². The van der Waals surface area contributed by atoms with Crippen LogP contribution in [0.2, 0.25) is 0 Å². The van der Waals surface area contributed by atoms with E-state index in [4.69, 9.17) is 9.84 Å². The maximum Gasteiger partial charge on any atom is 0.328 e. The fraction of sp³-hybridized carbons (Fsp3) is 0.364. The molecule has 0 fully saturated rings. The molecule has 1 atom stereocenters. The van der Waals surface area contributed by atoms with Crippen molar-refractivity contribution in [3.8, 4) is 0 Å². The number of carboxylic acid groups (broad SMARTS) is 1. The summed E-state index contributed by atoms with van der Waals surface area (Å²) in [5.41, 5.74) is 1.24. The first kappa shape index (κ1) is 12.4. The smallest absolute Gasteiger partial charge is 0.328 e. The highest BCUT2D eigenvalue weighted by Gasteiger charge is 2.17. The molecule has 16 heavy (non-hydrogen) atoms. The molecule has 2 N–H and O–H groups in total.